The number of alkyl halides is 3. The molecule has 0 amide bonds. The fraction of sp³-hybridized carbons (Fsp3) is 0.143. The van der Waals surface area contributed by atoms with Gasteiger partial charge in [-0.1, -0.05) is 11.6 Å². The van der Waals surface area contributed by atoms with Crippen molar-refractivity contribution >= 4 is 24.5 Å². The monoisotopic (exact) mass is 310 g/mol. The molecule has 0 bridgehead atoms. The van der Waals surface area contributed by atoms with Gasteiger partial charge in [0.2, 0.25) is 5.39 Å². The Morgan fingerprint density at radius 2 is 1.63 bits per heavy atom. The zero-order valence-corrected chi connectivity index (χ0v) is 9.39. The molecular weight excluding hydrogens is 307 g/mol. The van der Waals surface area contributed by atoms with E-state index in [1.54, 1.807) is 0 Å². The predicted octanol–water partition coefficient (Wildman–Crippen LogP) is 5.02. The minimum Gasteiger partial charge on any atom is -0.418 e. The van der Waals surface area contributed by atoms with Crippen molar-refractivity contribution in [3.63, 3.8) is 0 Å². The molecule has 1 rings (SSSR count). The van der Waals surface area contributed by atoms with Gasteiger partial charge in [-0.2, -0.15) is 0 Å². The summed E-state index contributed by atoms with van der Waals surface area (Å²) in [6.45, 7) is 0. The SMILES string of the molecule is F[B-](F)(F)F.N#[N+]c1ccc(OC(F)(F)F)c(Cl)c1. The van der Waals surface area contributed by atoms with Gasteiger partial charge >= 0.3 is 19.3 Å². The average Bonchev–Trinajstić information content (AvgIpc) is 2.16. The number of benzene rings is 1. The van der Waals surface area contributed by atoms with Gasteiger partial charge < -0.3 is 22.0 Å². The average molecular weight is 310 g/mol. The number of rotatable bonds is 1. The first-order valence-corrected chi connectivity index (χ1v) is 4.58. The highest BCUT2D eigenvalue weighted by molar-refractivity contribution is 6.50. The van der Waals surface area contributed by atoms with Crippen molar-refractivity contribution in [3.05, 3.63) is 28.2 Å². The van der Waals surface area contributed by atoms with Crippen LogP contribution >= 0.6 is 11.6 Å². The second-order valence-electron chi connectivity index (χ2n) is 2.76. The van der Waals surface area contributed by atoms with Crippen LogP contribution in [0.5, 0.6) is 5.75 Å². The Hall–Kier alpha value is -1.70. The topological polar surface area (TPSA) is 37.4 Å². The minimum absolute atomic E-state index is 0.0459. The summed E-state index contributed by atoms with van der Waals surface area (Å²) in [5.74, 6) is -0.536. The summed E-state index contributed by atoms with van der Waals surface area (Å²) in [5, 5.41) is 8.01. The lowest BCUT2D eigenvalue weighted by atomic mass is 10.3. The maximum Gasteiger partial charge on any atom is 0.673 e. The van der Waals surface area contributed by atoms with Crippen molar-refractivity contribution < 1.29 is 35.2 Å². The second-order valence-corrected chi connectivity index (χ2v) is 3.16. The fourth-order valence-corrected chi connectivity index (χ4v) is 0.973. The first-order chi connectivity index (χ1) is 8.42. The van der Waals surface area contributed by atoms with E-state index in [4.69, 9.17) is 17.0 Å². The van der Waals surface area contributed by atoms with Crippen LogP contribution in [0.2, 0.25) is 5.02 Å². The Kier molecular flexibility index (Phi) is 5.89. The molecule has 0 fully saturated rings. The summed E-state index contributed by atoms with van der Waals surface area (Å²) in [7, 11) is -6.00. The highest BCUT2D eigenvalue weighted by Crippen LogP contribution is 2.32. The van der Waals surface area contributed by atoms with Crippen LogP contribution in [-0.2, 0) is 0 Å². The molecule has 0 saturated carbocycles. The number of hydrogen-bond donors (Lipinski definition) is 0. The van der Waals surface area contributed by atoms with Crippen molar-refractivity contribution in [1.82, 2.24) is 0 Å². The highest BCUT2D eigenvalue weighted by Gasteiger charge is 2.32. The van der Waals surface area contributed by atoms with E-state index in [-0.39, 0.29) is 10.7 Å². The normalized spacial score (nSPS) is 11.1. The van der Waals surface area contributed by atoms with Gasteiger partial charge in [0.15, 0.2) is 4.98 Å². The lowest BCUT2D eigenvalue weighted by Crippen LogP contribution is -2.17. The summed E-state index contributed by atoms with van der Waals surface area (Å²) < 4.78 is 77.8. The van der Waals surface area contributed by atoms with Crippen molar-refractivity contribution in [1.29, 1.82) is 5.39 Å². The molecule has 1 aromatic rings. The van der Waals surface area contributed by atoms with Crippen LogP contribution in [0.25, 0.3) is 4.98 Å². The highest BCUT2D eigenvalue weighted by atomic mass is 35.5. The van der Waals surface area contributed by atoms with E-state index in [1.807, 2.05) is 0 Å². The van der Waals surface area contributed by atoms with Gasteiger partial charge in [-0.15, -0.1) is 13.2 Å². The molecule has 0 saturated heterocycles. The number of diazo groups is 1. The maximum atomic E-state index is 11.8. The molecule has 0 aromatic heterocycles. The van der Waals surface area contributed by atoms with Crippen molar-refractivity contribution in [3.8, 4) is 5.75 Å². The van der Waals surface area contributed by atoms with Gasteiger partial charge in [-0.05, 0) is 6.07 Å². The van der Waals surface area contributed by atoms with E-state index in [2.05, 4.69) is 9.71 Å². The molecule has 0 aliphatic rings. The molecule has 106 valence electrons. The molecule has 0 unspecified atom stereocenters. The molecule has 0 heterocycles. The first-order valence-electron chi connectivity index (χ1n) is 4.20. The molecule has 0 radical (unpaired) electrons. The van der Waals surface area contributed by atoms with Gasteiger partial charge in [0, 0.05) is 6.07 Å². The molecule has 0 N–H and O–H groups in total. The third-order valence-electron chi connectivity index (χ3n) is 1.26. The van der Waals surface area contributed by atoms with Crippen LogP contribution in [-0.4, -0.2) is 13.6 Å². The second kappa shape index (κ2) is 6.47. The number of hydrogen-bond acceptors (Lipinski definition) is 2. The van der Waals surface area contributed by atoms with Crippen LogP contribution in [0.15, 0.2) is 18.2 Å². The third-order valence-corrected chi connectivity index (χ3v) is 1.55. The van der Waals surface area contributed by atoms with Gasteiger partial charge in [-0.25, -0.2) is 0 Å². The fourth-order valence-electron chi connectivity index (χ4n) is 0.759. The summed E-state index contributed by atoms with van der Waals surface area (Å²) in [4.78, 5) is 2.75. The lowest BCUT2D eigenvalue weighted by Gasteiger charge is -2.08. The lowest BCUT2D eigenvalue weighted by molar-refractivity contribution is -0.274. The first kappa shape index (κ1) is 17.3. The van der Waals surface area contributed by atoms with Gasteiger partial charge in [0.05, 0.1) is 11.1 Å². The molecule has 0 aliphatic carbocycles. The summed E-state index contributed by atoms with van der Waals surface area (Å²) >= 11 is 5.42. The van der Waals surface area contributed by atoms with E-state index in [0.29, 0.717) is 0 Å². The van der Waals surface area contributed by atoms with Crippen LogP contribution in [0.3, 0.4) is 0 Å². The van der Waals surface area contributed by atoms with Gasteiger partial charge in [-0.3, -0.25) is 0 Å². The van der Waals surface area contributed by atoms with E-state index < -0.39 is 19.4 Å². The Labute approximate surface area is 106 Å². The largest absolute Gasteiger partial charge is 0.673 e. The number of nitrogens with zero attached hydrogens (tertiary/aromatic N) is 2. The van der Waals surface area contributed by atoms with E-state index >= 15 is 0 Å². The zero-order valence-electron chi connectivity index (χ0n) is 8.64. The molecule has 0 atom stereocenters. The Bertz CT molecular complexity index is 464. The molecule has 1 aromatic carbocycles. The Balaban J connectivity index is 0.000000555. The van der Waals surface area contributed by atoms with Crippen LogP contribution in [0.1, 0.15) is 0 Å². The van der Waals surface area contributed by atoms with Crippen LogP contribution < -0.4 is 4.74 Å². The molecule has 12 heteroatoms. The van der Waals surface area contributed by atoms with E-state index in [0.717, 1.165) is 18.2 Å². The van der Waals surface area contributed by atoms with Crippen LogP contribution in [0, 0.1) is 5.39 Å². The van der Waals surface area contributed by atoms with Gasteiger partial charge in [0.1, 0.15) is 5.75 Å². The maximum absolute atomic E-state index is 11.8. The molecule has 0 aliphatic heterocycles. The quantitative estimate of drug-likeness (QED) is 0.415. The molecule has 3 nitrogen and oxygen atoms in total. The van der Waals surface area contributed by atoms with E-state index in [1.165, 1.54) is 0 Å². The summed E-state index contributed by atoms with van der Waals surface area (Å²) in [6.07, 6.45) is -4.79. The Morgan fingerprint density at radius 3 is 1.95 bits per heavy atom. The van der Waals surface area contributed by atoms with E-state index in [9.17, 15) is 30.4 Å². The molecule has 0 spiro atoms. The Morgan fingerprint density at radius 1 is 1.16 bits per heavy atom. The summed E-state index contributed by atoms with van der Waals surface area (Å²) in [6, 6.07) is 3.14. The van der Waals surface area contributed by atoms with Crippen molar-refractivity contribution in [2.24, 2.45) is 0 Å². The standard InChI is InChI=1S/C7H3ClF3N2O.BF4/c8-5-3-4(13-12)1-2-6(5)14-7(9,10)11;2-1(3,4)5/h1-3H;/q+1;-1. The van der Waals surface area contributed by atoms with Crippen LogP contribution in [0.4, 0.5) is 36.1 Å². The molecular formula is C7H3BClF7N2O. The third kappa shape index (κ3) is 9.96. The smallest absolute Gasteiger partial charge is 0.418 e. The minimum atomic E-state index is -6.00. The number of halogens is 8. The van der Waals surface area contributed by atoms with Crippen molar-refractivity contribution in [2.75, 3.05) is 0 Å². The van der Waals surface area contributed by atoms with Crippen molar-refractivity contribution in [2.45, 2.75) is 6.36 Å². The number of ether oxygens (including phenoxy) is 1. The zero-order chi connectivity index (χ0) is 15.3. The van der Waals surface area contributed by atoms with Gasteiger partial charge in [0.25, 0.3) is 0 Å². The molecule has 19 heavy (non-hydrogen) atoms. The predicted molar refractivity (Wildman–Crippen MR) is 53.1 cm³/mol. The summed E-state index contributed by atoms with van der Waals surface area (Å²) in [5.41, 5.74) is 0.0459.